The lowest BCUT2D eigenvalue weighted by molar-refractivity contribution is -0.217. The molecule has 0 aliphatic carbocycles. The molecule has 55 heavy (non-hydrogen) atoms. The Labute approximate surface area is 318 Å². The molecule has 3 aromatic carbocycles. The van der Waals surface area contributed by atoms with Crippen molar-refractivity contribution >= 4 is 36.4 Å². The van der Waals surface area contributed by atoms with E-state index < -0.39 is 61.6 Å². The van der Waals surface area contributed by atoms with Gasteiger partial charge in [0.05, 0.1) is 22.1 Å². The first-order valence-corrected chi connectivity index (χ1v) is 17.3. The molecule has 0 bridgehead atoms. The number of carbonyl (C=O) groups excluding carboxylic acids is 6. The van der Waals surface area contributed by atoms with Gasteiger partial charge in [0.2, 0.25) is 0 Å². The van der Waals surface area contributed by atoms with Crippen LogP contribution in [0.4, 0.5) is 14.4 Å². The third-order valence-electron chi connectivity index (χ3n) is 8.47. The van der Waals surface area contributed by atoms with Gasteiger partial charge in [0.25, 0.3) is 0 Å². The van der Waals surface area contributed by atoms with E-state index in [0.29, 0.717) is 39.8 Å². The van der Waals surface area contributed by atoms with Crippen LogP contribution in [-0.2, 0) is 43.5 Å². The quantitative estimate of drug-likeness (QED) is 0.0784. The molecule has 0 aliphatic rings. The fourth-order valence-electron chi connectivity index (χ4n) is 6.43. The van der Waals surface area contributed by atoms with Crippen molar-refractivity contribution in [2.75, 3.05) is 19.8 Å². The molecule has 3 aromatic rings. The van der Waals surface area contributed by atoms with Crippen LogP contribution >= 0.6 is 0 Å². The van der Waals surface area contributed by atoms with Gasteiger partial charge >= 0.3 is 36.4 Å². The lowest BCUT2D eigenvalue weighted by Gasteiger charge is -2.30. The van der Waals surface area contributed by atoms with Crippen molar-refractivity contribution < 1.29 is 72.3 Å². The predicted octanol–water partition coefficient (Wildman–Crippen LogP) is 8.32. The van der Waals surface area contributed by atoms with Crippen molar-refractivity contribution in [3.63, 3.8) is 0 Å². The third-order valence-corrected chi connectivity index (χ3v) is 8.47. The first-order valence-electron chi connectivity index (χ1n) is 17.3. The zero-order chi connectivity index (χ0) is 41.0. The van der Waals surface area contributed by atoms with Crippen molar-refractivity contribution in [3.05, 3.63) is 103 Å². The average molecular weight is 767 g/mol. The highest BCUT2D eigenvalue weighted by atomic mass is 17.2. The van der Waals surface area contributed by atoms with Crippen LogP contribution < -0.4 is 0 Å². The number of carbonyl (C=O) groups is 6. The number of benzene rings is 3. The second-order valence-electron chi connectivity index (χ2n) is 13.5. The minimum atomic E-state index is -1.51. The van der Waals surface area contributed by atoms with Crippen LogP contribution in [0.25, 0.3) is 0 Å². The Morgan fingerprint density at radius 2 is 0.655 bits per heavy atom. The van der Waals surface area contributed by atoms with E-state index in [1.54, 1.807) is 84.9 Å². The number of ether oxygens (including phenoxy) is 3. The van der Waals surface area contributed by atoms with E-state index >= 15 is 0 Å². The number of aryl methyl sites for hydroxylation is 9. The molecule has 0 unspecified atom stereocenters. The van der Waals surface area contributed by atoms with Gasteiger partial charge in [-0.3, -0.25) is 0 Å². The van der Waals surface area contributed by atoms with Crippen LogP contribution in [0.1, 0.15) is 101 Å². The highest BCUT2D eigenvalue weighted by molar-refractivity contribution is 5.94. The molecule has 15 heteroatoms. The van der Waals surface area contributed by atoms with Crippen molar-refractivity contribution in [2.45, 2.75) is 82.1 Å². The molecule has 0 saturated carbocycles. The summed E-state index contributed by atoms with van der Waals surface area (Å²) in [6.45, 7) is 15.6. The van der Waals surface area contributed by atoms with Crippen LogP contribution in [0.3, 0.4) is 0 Å². The maximum Gasteiger partial charge on any atom is 0.549 e. The molecule has 3 rings (SSSR count). The van der Waals surface area contributed by atoms with Gasteiger partial charge in [0, 0.05) is 0 Å². The highest BCUT2D eigenvalue weighted by Gasteiger charge is 2.37. The monoisotopic (exact) mass is 766 g/mol. The fourth-order valence-corrected chi connectivity index (χ4v) is 6.43. The largest absolute Gasteiger partial charge is 0.549 e. The Morgan fingerprint density at radius 1 is 0.418 bits per heavy atom. The molecule has 0 saturated heterocycles. The molecule has 0 amide bonds. The van der Waals surface area contributed by atoms with Crippen LogP contribution in [0.2, 0.25) is 0 Å². The van der Waals surface area contributed by atoms with Crippen LogP contribution in [0.15, 0.2) is 36.4 Å². The Bertz CT molecular complexity index is 1660. The molecule has 0 radical (unpaired) electrons. The average Bonchev–Trinajstić information content (AvgIpc) is 3.08. The molecule has 0 spiro atoms. The number of rotatable bonds is 11. The molecule has 0 fully saturated rings. The van der Waals surface area contributed by atoms with Gasteiger partial charge in [-0.1, -0.05) is 66.4 Å². The molecule has 0 heterocycles. The maximum absolute atomic E-state index is 12.7. The second-order valence-corrected chi connectivity index (χ2v) is 13.5. The summed E-state index contributed by atoms with van der Waals surface area (Å²) in [4.78, 5) is 104. The van der Waals surface area contributed by atoms with E-state index in [-0.39, 0.29) is 23.1 Å². The van der Waals surface area contributed by atoms with E-state index in [1.807, 2.05) is 20.8 Å². The smallest absolute Gasteiger partial charge is 0.431 e. The molecule has 296 valence electrons. The standard InChI is InChI=1S/C40H46O15/c1-11-12-40(19-47-37(44)53-50-34(41)31-25(5)13-22(2)14-26(31)6,20-48-38(45)54-51-35(42)32-27(7)15-23(3)16-28(32)8)21-49-39(46)55-52-36(43)33-29(9)17-24(4)18-30(33)10/h13-18H,11-12,19-21H2,1-10H3. The van der Waals surface area contributed by atoms with Gasteiger partial charge in [-0.2, -0.15) is 14.4 Å². The van der Waals surface area contributed by atoms with Gasteiger partial charge in [0.15, 0.2) is 0 Å². The lowest BCUT2D eigenvalue weighted by Crippen LogP contribution is -2.40. The second kappa shape index (κ2) is 19.3. The zero-order valence-electron chi connectivity index (χ0n) is 32.6. The topological polar surface area (TPSA) is 185 Å². The van der Waals surface area contributed by atoms with E-state index in [2.05, 4.69) is 14.7 Å². The van der Waals surface area contributed by atoms with Crippen LogP contribution in [0.5, 0.6) is 0 Å². The minimum Gasteiger partial charge on any atom is -0.431 e. The summed E-state index contributed by atoms with van der Waals surface area (Å²) in [7, 11) is 0. The molecule has 0 N–H and O–H groups in total. The van der Waals surface area contributed by atoms with Crippen LogP contribution in [-0.4, -0.2) is 56.2 Å². The van der Waals surface area contributed by atoms with E-state index in [0.717, 1.165) is 16.7 Å². The summed E-state index contributed by atoms with van der Waals surface area (Å²) in [5.74, 6) is -2.83. The normalized spacial score (nSPS) is 10.8. The molecular formula is C40H46O15. The van der Waals surface area contributed by atoms with Crippen LogP contribution in [0, 0.1) is 67.7 Å². The summed E-state index contributed by atoms with van der Waals surface area (Å²) in [5.41, 5.74) is 5.40. The number of hydrogen-bond acceptors (Lipinski definition) is 15. The predicted molar refractivity (Wildman–Crippen MR) is 193 cm³/mol. The van der Waals surface area contributed by atoms with Crippen molar-refractivity contribution in [1.29, 1.82) is 0 Å². The van der Waals surface area contributed by atoms with Gasteiger partial charge in [0.1, 0.15) is 19.8 Å². The van der Waals surface area contributed by atoms with Gasteiger partial charge in [-0.25, -0.2) is 43.7 Å². The zero-order valence-corrected chi connectivity index (χ0v) is 32.6. The molecule has 0 aliphatic heterocycles. The van der Waals surface area contributed by atoms with Gasteiger partial charge < -0.3 is 14.2 Å². The molecule has 0 aromatic heterocycles. The van der Waals surface area contributed by atoms with Crippen molar-refractivity contribution in [2.24, 2.45) is 5.41 Å². The summed E-state index contributed by atoms with van der Waals surface area (Å²) in [5, 5.41) is 0. The SMILES string of the molecule is CCCC(COC(=O)OOC(=O)c1c(C)cc(C)cc1C)(COC(=O)OOC(=O)c1c(C)cc(C)cc1C)COC(=O)OOC(=O)c1c(C)cc(C)cc1C. The summed E-state index contributed by atoms with van der Waals surface area (Å²) in [6.07, 6.45) is -3.91. The fraction of sp³-hybridized carbons (Fsp3) is 0.400. The molecular weight excluding hydrogens is 720 g/mol. The first-order chi connectivity index (χ1) is 25.9. The van der Waals surface area contributed by atoms with E-state index in [4.69, 9.17) is 28.9 Å². The summed E-state index contributed by atoms with van der Waals surface area (Å²) < 4.78 is 15.6. The van der Waals surface area contributed by atoms with E-state index in [9.17, 15) is 28.8 Å². The Balaban J connectivity index is 1.70. The van der Waals surface area contributed by atoms with Gasteiger partial charge in [-0.15, -0.1) is 0 Å². The highest BCUT2D eigenvalue weighted by Crippen LogP contribution is 2.28. The molecule has 0 atom stereocenters. The Morgan fingerprint density at radius 3 is 0.873 bits per heavy atom. The van der Waals surface area contributed by atoms with Crippen molar-refractivity contribution in [1.82, 2.24) is 0 Å². The molecule has 15 nitrogen and oxygen atoms in total. The Hall–Kier alpha value is -6.12. The van der Waals surface area contributed by atoms with Crippen molar-refractivity contribution in [3.8, 4) is 0 Å². The summed E-state index contributed by atoms with van der Waals surface area (Å²) in [6, 6.07) is 10.5. The Kier molecular flexibility index (Phi) is 15.2. The minimum absolute atomic E-state index is 0.0749. The summed E-state index contributed by atoms with van der Waals surface area (Å²) >= 11 is 0. The lowest BCUT2D eigenvalue weighted by atomic mass is 9.86. The first kappa shape index (κ1) is 43.3. The van der Waals surface area contributed by atoms with E-state index in [1.165, 1.54) is 0 Å². The maximum atomic E-state index is 12.7. The third kappa shape index (κ3) is 12.2. The number of hydrogen-bond donors (Lipinski definition) is 0. The van der Waals surface area contributed by atoms with Gasteiger partial charge in [-0.05, 0) is 102 Å².